The molecule has 0 fully saturated rings. The number of hydrogen-bond acceptors (Lipinski definition) is 4. The van der Waals surface area contributed by atoms with Gasteiger partial charge in [-0.25, -0.2) is 4.98 Å². The molecule has 1 N–H and O–H groups in total. The molecule has 0 radical (unpaired) electrons. The summed E-state index contributed by atoms with van der Waals surface area (Å²) in [5.41, 5.74) is 4.90. The van der Waals surface area contributed by atoms with E-state index in [1.54, 1.807) is 22.7 Å². The number of aromatic nitrogens is 1. The van der Waals surface area contributed by atoms with Gasteiger partial charge in [0.1, 0.15) is 0 Å². The van der Waals surface area contributed by atoms with Crippen molar-refractivity contribution in [3.05, 3.63) is 62.4 Å². The summed E-state index contributed by atoms with van der Waals surface area (Å²) < 4.78 is 0. The van der Waals surface area contributed by atoms with Gasteiger partial charge in [-0.05, 0) is 35.6 Å². The SMILES string of the molecule is CC(C)c1nc(CNC(=O)c2cc3c(s2)-c2ccccc2CC3)cs1. The van der Waals surface area contributed by atoms with E-state index in [-0.39, 0.29) is 5.91 Å². The van der Waals surface area contributed by atoms with Gasteiger partial charge in [0.25, 0.3) is 5.91 Å². The quantitative estimate of drug-likeness (QED) is 0.702. The van der Waals surface area contributed by atoms with Gasteiger partial charge in [-0.15, -0.1) is 22.7 Å². The highest BCUT2D eigenvalue weighted by atomic mass is 32.1. The van der Waals surface area contributed by atoms with Gasteiger partial charge in [-0.3, -0.25) is 4.79 Å². The van der Waals surface area contributed by atoms with Gasteiger partial charge >= 0.3 is 0 Å². The second kappa shape index (κ2) is 6.73. The standard InChI is InChI=1S/C20H20N2OS2/c1-12(2)20-22-15(11-24-20)10-21-19(23)17-9-14-8-7-13-5-3-4-6-16(13)18(14)25-17/h3-6,9,11-12H,7-8,10H2,1-2H3,(H,21,23). The summed E-state index contributed by atoms with van der Waals surface area (Å²) in [6.45, 7) is 4.76. The van der Waals surface area contributed by atoms with Crippen molar-refractivity contribution in [3.63, 3.8) is 0 Å². The van der Waals surface area contributed by atoms with E-state index in [1.165, 1.54) is 21.6 Å². The van der Waals surface area contributed by atoms with Crippen molar-refractivity contribution < 1.29 is 4.79 Å². The Kier molecular flexibility index (Phi) is 4.44. The maximum Gasteiger partial charge on any atom is 0.261 e. The molecule has 3 aromatic rings. The molecule has 128 valence electrons. The Bertz CT molecular complexity index is 923. The zero-order valence-electron chi connectivity index (χ0n) is 14.3. The van der Waals surface area contributed by atoms with Gasteiger partial charge in [0, 0.05) is 16.2 Å². The van der Waals surface area contributed by atoms with Crippen LogP contribution in [-0.4, -0.2) is 10.9 Å². The number of thiophene rings is 1. The van der Waals surface area contributed by atoms with Crippen molar-refractivity contribution in [1.29, 1.82) is 0 Å². The van der Waals surface area contributed by atoms with E-state index in [4.69, 9.17) is 0 Å². The third-order valence-electron chi connectivity index (χ3n) is 4.45. The second-order valence-corrected chi connectivity index (χ2v) is 8.58. The predicted molar refractivity (Wildman–Crippen MR) is 105 cm³/mol. The Hall–Kier alpha value is -1.98. The van der Waals surface area contributed by atoms with Crippen molar-refractivity contribution in [2.24, 2.45) is 0 Å². The third kappa shape index (κ3) is 3.26. The first-order valence-corrected chi connectivity index (χ1v) is 10.2. The van der Waals surface area contributed by atoms with E-state index < -0.39 is 0 Å². The number of amides is 1. The van der Waals surface area contributed by atoms with Crippen LogP contribution in [0.2, 0.25) is 0 Å². The zero-order valence-corrected chi connectivity index (χ0v) is 16.0. The average Bonchev–Trinajstić information content (AvgIpc) is 3.26. The number of nitrogens with zero attached hydrogens (tertiary/aromatic N) is 1. The molecule has 0 saturated carbocycles. The lowest BCUT2D eigenvalue weighted by Gasteiger charge is -2.15. The summed E-state index contributed by atoms with van der Waals surface area (Å²) in [6, 6.07) is 10.6. The highest BCUT2D eigenvalue weighted by Crippen LogP contribution is 2.39. The largest absolute Gasteiger partial charge is 0.346 e. The molecule has 2 aromatic heterocycles. The van der Waals surface area contributed by atoms with Gasteiger partial charge in [0.15, 0.2) is 0 Å². The molecular weight excluding hydrogens is 348 g/mol. The van der Waals surface area contributed by atoms with Crippen LogP contribution in [0.15, 0.2) is 35.7 Å². The summed E-state index contributed by atoms with van der Waals surface area (Å²) >= 11 is 3.26. The highest BCUT2D eigenvalue weighted by Gasteiger charge is 2.21. The molecule has 1 aliphatic carbocycles. The minimum Gasteiger partial charge on any atom is -0.346 e. The lowest BCUT2D eigenvalue weighted by molar-refractivity contribution is 0.0954. The number of benzene rings is 1. The first-order chi connectivity index (χ1) is 12.1. The molecule has 0 unspecified atom stereocenters. The number of aryl methyl sites for hydroxylation is 2. The van der Waals surface area contributed by atoms with Gasteiger partial charge in [0.05, 0.1) is 22.1 Å². The lowest BCUT2D eigenvalue weighted by Crippen LogP contribution is -2.22. The number of rotatable bonds is 4. The van der Waals surface area contributed by atoms with Crippen LogP contribution in [0.1, 0.15) is 51.3 Å². The third-order valence-corrected chi connectivity index (χ3v) is 6.86. The molecular formula is C20H20N2OS2. The van der Waals surface area contributed by atoms with Crippen LogP contribution in [0.4, 0.5) is 0 Å². The van der Waals surface area contributed by atoms with Crippen LogP contribution in [0, 0.1) is 0 Å². The fraction of sp³-hybridized carbons (Fsp3) is 0.300. The fourth-order valence-corrected chi connectivity index (χ4v) is 5.13. The average molecular weight is 369 g/mol. The van der Waals surface area contributed by atoms with Crippen LogP contribution in [0.5, 0.6) is 0 Å². The van der Waals surface area contributed by atoms with E-state index in [2.05, 4.69) is 54.5 Å². The summed E-state index contributed by atoms with van der Waals surface area (Å²) in [5, 5.41) is 6.17. The number of nitrogens with one attached hydrogen (secondary N) is 1. The lowest BCUT2D eigenvalue weighted by atomic mass is 9.91. The monoisotopic (exact) mass is 368 g/mol. The zero-order chi connectivity index (χ0) is 17.4. The molecule has 0 saturated heterocycles. The molecule has 2 heterocycles. The van der Waals surface area contributed by atoms with Crippen LogP contribution in [-0.2, 0) is 19.4 Å². The molecule has 0 atom stereocenters. The maximum absolute atomic E-state index is 12.6. The summed E-state index contributed by atoms with van der Waals surface area (Å²) in [5.74, 6) is 0.425. The molecule has 0 spiro atoms. The van der Waals surface area contributed by atoms with Crippen LogP contribution in [0.3, 0.4) is 0 Å². The number of fused-ring (bicyclic) bond motifs is 3. The topological polar surface area (TPSA) is 42.0 Å². The van der Waals surface area contributed by atoms with E-state index in [9.17, 15) is 4.79 Å². The van der Waals surface area contributed by atoms with Crippen LogP contribution in [0.25, 0.3) is 10.4 Å². The molecule has 4 rings (SSSR count). The van der Waals surface area contributed by atoms with Crippen LogP contribution >= 0.6 is 22.7 Å². The van der Waals surface area contributed by atoms with Crippen molar-refractivity contribution in [2.75, 3.05) is 0 Å². The number of carbonyl (C=O) groups excluding carboxylic acids is 1. The molecule has 1 aromatic carbocycles. The Balaban J connectivity index is 1.49. The fourth-order valence-electron chi connectivity index (χ4n) is 3.11. The number of hydrogen-bond donors (Lipinski definition) is 1. The van der Waals surface area contributed by atoms with Gasteiger partial charge < -0.3 is 5.32 Å². The van der Waals surface area contributed by atoms with Crippen molar-refractivity contribution in [2.45, 2.75) is 39.2 Å². The van der Waals surface area contributed by atoms with Gasteiger partial charge in [0.2, 0.25) is 0 Å². The van der Waals surface area contributed by atoms with Crippen molar-refractivity contribution in [1.82, 2.24) is 10.3 Å². The summed E-state index contributed by atoms with van der Waals surface area (Å²) in [6.07, 6.45) is 2.07. The normalized spacial score (nSPS) is 12.8. The highest BCUT2D eigenvalue weighted by molar-refractivity contribution is 7.17. The smallest absolute Gasteiger partial charge is 0.261 e. The van der Waals surface area contributed by atoms with Crippen molar-refractivity contribution in [3.8, 4) is 10.4 Å². The predicted octanol–water partition coefficient (Wildman–Crippen LogP) is 5.02. The van der Waals surface area contributed by atoms with E-state index in [0.717, 1.165) is 28.4 Å². The second-order valence-electron chi connectivity index (χ2n) is 6.64. The molecule has 0 aliphatic heterocycles. The van der Waals surface area contributed by atoms with E-state index >= 15 is 0 Å². The number of carbonyl (C=O) groups is 1. The Labute approximate surface area is 155 Å². The Morgan fingerprint density at radius 1 is 1.24 bits per heavy atom. The van der Waals surface area contributed by atoms with Crippen LogP contribution < -0.4 is 5.32 Å². The van der Waals surface area contributed by atoms with E-state index in [1.807, 2.05) is 5.38 Å². The molecule has 1 aliphatic rings. The maximum atomic E-state index is 12.6. The molecule has 25 heavy (non-hydrogen) atoms. The molecule has 5 heteroatoms. The first-order valence-electron chi connectivity index (χ1n) is 8.55. The van der Waals surface area contributed by atoms with Gasteiger partial charge in [-0.1, -0.05) is 38.1 Å². The number of thiazole rings is 1. The Morgan fingerprint density at radius 2 is 2.04 bits per heavy atom. The van der Waals surface area contributed by atoms with Gasteiger partial charge in [-0.2, -0.15) is 0 Å². The first kappa shape index (κ1) is 16.5. The van der Waals surface area contributed by atoms with E-state index in [0.29, 0.717) is 12.5 Å². The Morgan fingerprint density at radius 3 is 2.84 bits per heavy atom. The summed E-state index contributed by atoms with van der Waals surface area (Å²) in [7, 11) is 0. The molecule has 3 nitrogen and oxygen atoms in total. The molecule has 0 bridgehead atoms. The minimum absolute atomic E-state index is 0.00372. The van der Waals surface area contributed by atoms with Crippen molar-refractivity contribution >= 4 is 28.6 Å². The minimum atomic E-state index is -0.00372. The summed E-state index contributed by atoms with van der Waals surface area (Å²) in [4.78, 5) is 19.2. The molecule has 1 amide bonds.